The van der Waals surface area contributed by atoms with E-state index < -0.39 is 5.41 Å². The number of nitrogens with zero attached hydrogens (tertiary/aromatic N) is 3. The Kier molecular flexibility index (Phi) is 4.23. The van der Waals surface area contributed by atoms with E-state index in [1.807, 2.05) is 47.0 Å². The molecule has 0 unspecified atom stereocenters. The monoisotopic (exact) mass is 355 g/mol. The molecule has 6 heteroatoms. The van der Waals surface area contributed by atoms with Gasteiger partial charge in [-0.1, -0.05) is 6.07 Å². The fourth-order valence-electron chi connectivity index (χ4n) is 4.57. The third kappa shape index (κ3) is 2.60. The van der Waals surface area contributed by atoms with Crippen LogP contribution in [0.25, 0.3) is 10.9 Å². The topological polar surface area (TPSA) is 65.8 Å². The van der Waals surface area contributed by atoms with Gasteiger partial charge in [0.15, 0.2) is 0 Å². The maximum atomic E-state index is 13.2. The van der Waals surface area contributed by atoms with E-state index in [4.69, 9.17) is 0 Å². The van der Waals surface area contributed by atoms with E-state index >= 15 is 0 Å². The van der Waals surface area contributed by atoms with Crippen LogP contribution in [-0.2, 0) is 11.8 Å². The second-order valence-electron chi connectivity index (χ2n) is 7.54. The van der Waals surface area contributed by atoms with E-state index in [-0.39, 0.29) is 18.4 Å². The van der Waals surface area contributed by atoms with Gasteiger partial charge in [0.1, 0.15) is 0 Å². The number of β-amino-alcohol motifs (C(OH)–C–C–N with tert-alkyl or cyclic N) is 1. The van der Waals surface area contributed by atoms with Crippen molar-refractivity contribution >= 4 is 22.7 Å². The number of hydrogen-bond acceptors (Lipinski definition) is 3. The highest BCUT2D eigenvalue weighted by Crippen LogP contribution is 2.40. The minimum absolute atomic E-state index is 0.00533. The normalized spacial score (nSPS) is 23.4. The summed E-state index contributed by atoms with van der Waals surface area (Å²) in [6.07, 6.45) is 4.43. The van der Waals surface area contributed by atoms with Gasteiger partial charge in [0, 0.05) is 55.9 Å². The number of aromatic nitrogens is 1. The van der Waals surface area contributed by atoms with E-state index in [0.29, 0.717) is 38.2 Å². The number of benzene rings is 1. The number of carbonyl (C=O) groups excluding carboxylic acids is 2. The Morgan fingerprint density at radius 2 is 2.08 bits per heavy atom. The van der Waals surface area contributed by atoms with Gasteiger partial charge in [-0.05, 0) is 37.5 Å². The van der Waals surface area contributed by atoms with Gasteiger partial charge in [-0.2, -0.15) is 0 Å². The van der Waals surface area contributed by atoms with Crippen molar-refractivity contribution in [2.24, 2.45) is 12.5 Å². The number of piperidine rings is 1. The van der Waals surface area contributed by atoms with Gasteiger partial charge in [0.05, 0.1) is 12.0 Å². The minimum atomic E-state index is -0.465. The highest BCUT2D eigenvalue weighted by molar-refractivity contribution is 6.07. The SMILES string of the molecule is Cn1ccc2c(C(=O)N3CC[C@@]4(CCCN(CCO)C4=O)C3)cccc21. The van der Waals surface area contributed by atoms with Crippen LogP contribution in [0, 0.1) is 5.41 Å². The van der Waals surface area contributed by atoms with Crippen molar-refractivity contribution < 1.29 is 14.7 Å². The third-order valence-electron chi connectivity index (χ3n) is 5.99. The van der Waals surface area contributed by atoms with E-state index in [2.05, 4.69) is 0 Å². The van der Waals surface area contributed by atoms with Crippen LogP contribution in [0.3, 0.4) is 0 Å². The standard InChI is InChI=1S/C20H25N3O3/c1-21-10-6-15-16(4-2-5-17(15)21)18(25)23-11-8-20(14-23)7-3-9-22(12-13-24)19(20)26/h2,4-6,10,24H,3,7-9,11-14H2,1H3/t20-/m0/s1. The molecule has 26 heavy (non-hydrogen) atoms. The molecule has 1 aromatic heterocycles. The van der Waals surface area contributed by atoms with Crippen molar-refractivity contribution in [1.29, 1.82) is 0 Å². The Morgan fingerprint density at radius 1 is 1.23 bits per heavy atom. The molecule has 2 amide bonds. The van der Waals surface area contributed by atoms with Crippen LogP contribution < -0.4 is 0 Å². The number of aliphatic hydroxyl groups is 1. The lowest BCUT2D eigenvalue weighted by atomic mass is 9.78. The summed E-state index contributed by atoms with van der Waals surface area (Å²) >= 11 is 0. The first-order chi connectivity index (χ1) is 12.6. The molecule has 1 spiro atoms. The molecule has 0 saturated carbocycles. The zero-order chi connectivity index (χ0) is 18.3. The summed E-state index contributed by atoms with van der Waals surface area (Å²) in [6.45, 7) is 2.17. The zero-order valence-corrected chi connectivity index (χ0v) is 15.1. The Bertz CT molecular complexity index is 857. The lowest BCUT2D eigenvalue weighted by Gasteiger charge is -2.39. The molecule has 6 nitrogen and oxygen atoms in total. The quantitative estimate of drug-likeness (QED) is 0.910. The van der Waals surface area contributed by atoms with Gasteiger partial charge in [0.25, 0.3) is 5.91 Å². The van der Waals surface area contributed by atoms with Crippen LogP contribution in [0.1, 0.15) is 29.6 Å². The first-order valence-electron chi connectivity index (χ1n) is 9.29. The molecule has 2 aliphatic rings. The number of hydrogen-bond donors (Lipinski definition) is 1. The number of amides is 2. The Morgan fingerprint density at radius 3 is 2.88 bits per heavy atom. The van der Waals surface area contributed by atoms with Crippen molar-refractivity contribution in [2.75, 3.05) is 32.8 Å². The van der Waals surface area contributed by atoms with Crippen molar-refractivity contribution in [2.45, 2.75) is 19.3 Å². The average molecular weight is 355 g/mol. The molecule has 1 atom stereocenters. The molecular weight excluding hydrogens is 330 g/mol. The van der Waals surface area contributed by atoms with Gasteiger partial charge in [-0.3, -0.25) is 9.59 Å². The van der Waals surface area contributed by atoms with Crippen LogP contribution in [0.2, 0.25) is 0 Å². The Balaban J connectivity index is 1.58. The molecule has 4 rings (SSSR count). The molecule has 138 valence electrons. The summed E-state index contributed by atoms with van der Waals surface area (Å²) in [5.74, 6) is 0.108. The number of aryl methyl sites for hydroxylation is 1. The van der Waals surface area contributed by atoms with Crippen LogP contribution >= 0.6 is 0 Å². The summed E-state index contributed by atoms with van der Waals surface area (Å²) in [7, 11) is 1.97. The van der Waals surface area contributed by atoms with E-state index in [0.717, 1.165) is 23.7 Å². The molecule has 0 bridgehead atoms. The molecule has 1 aromatic carbocycles. The van der Waals surface area contributed by atoms with E-state index in [9.17, 15) is 14.7 Å². The average Bonchev–Trinajstić information content (AvgIpc) is 3.24. The fraction of sp³-hybridized carbons (Fsp3) is 0.500. The van der Waals surface area contributed by atoms with E-state index in [1.54, 1.807) is 4.90 Å². The predicted molar refractivity (Wildman–Crippen MR) is 98.8 cm³/mol. The summed E-state index contributed by atoms with van der Waals surface area (Å²) in [5, 5.41) is 10.2. The first-order valence-corrected chi connectivity index (χ1v) is 9.29. The second kappa shape index (κ2) is 6.43. The van der Waals surface area contributed by atoms with Crippen LogP contribution in [-0.4, -0.2) is 64.1 Å². The van der Waals surface area contributed by atoms with Gasteiger partial charge < -0.3 is 19.5 Å². The smallest absolute Gasteiger partial charge is 0.254 e. The van der Waals surface area contributed by atoms with Crippen molar-refractivity contribution in [3.8, 4) is 0 Å². The summed E-state index contributed by atoms with van der Waals surface area (Å²) in [5.41, 5.74) is 1.27. The second-order valence-corrected chi connectivity index (χ2v) is 7.54. The van der Waals surface area contributed by atoms with E-state index in [1.165, 1.54) is 0 Å². The first kappa shape index (κ1) is 17.1. The third-order valence-corrected chi connectivity index (χ3v) is 5.99. The van der Waals surface area contributed by atoms with Crippen molar-refractivity contribution in [1.82, 2.24) is 14.4 Å². The highest BCUT2D eigenvalue weighted by Gasteiger charge is 2.49. The molecule has 1 N–H and O–H groups in total. The van der Waals surface area contributed by atoms with Crippen LogP contribution in [0.4, 0.5) is 0 Å². The number of rotatable bonds is 3. The maximum absolute atomic E-state index is 13.2. The Labute approximate surface area is 153 Å². The summed E-state index contributed by atoms with van der Waals surface area (Å²) in [6, 6.07) is 7.77. The Hall–Kier alpha value is -2.34. The number of carbonyl (C=O) groups is 2. The number of aliphatic hydroxyl groups excluding tert-OH is 1. The zero-order valence-electron chi connectivity index (χ0n) is 15.1. The van der Waals surface area contributed by atoms with Crippen LogP contribution in [0.5, 0.6) is 0 Å². The summed E-state index contributed by atoms with van der Waals surface area (Å²) < 4.78 is 2.01. The predicted octanol–water partition coefficient (Wildman–Crippen LogP) is 1.63. The molecule has 0 radical (unpaired) electrons. The molecule has 2 saturated heterocycles. The molecule has 2 fully saturated rings. The number of fused-ring (bicyclic) bond motifs is 1. The van der Waals surface area contributed by atoms with Crippen molar-refractivity contribution in [3.63, 3.8) is 0 Å². The fourth-order valence-corrected chi connectivity index (χ4v) is 4.57. The van der Waals surface area contributed by atoms with Crippen molar-refractivity contribution in [3.05, 3.63) is 36.0 Å². The maximum Gasteiger partial charge on any atom is 0.254 e. The van der Waals surface area contributed by atoms with Crippen LogP contribution in [0.15, 0.2) is 30.5 Å². The molecule has 2 aromatic rings. The lowest BCUT2D eigenvalue weighted by Crippen LogP contribution is -2.51. The lowest BCUT2D eigenvalue weighted by molar-refractivity contribution is -0.146. The van der Waals surface area contributed by atoms with Gasteiger partial charge >= 0.3 is 0 Å². The summed E-state index contributed by atoms with van der Waals surface area (Å²) in [4.78, 5) is 29.7. The minimum Gasteiger partial charge on any atom is -0.395 e. The molecule has 2 aliphatic heterocycles. The molecule has 0 aliphatic carbocycles. The molecular formula is C20H25N3O3. The van der Waals surface area contributed by atoms with Gasteiger partial charge in [0.2, 0.25) is 5.91 Å². The molecule has 3 heterocycles. The highest BCUT2D eigenvalue weighted by atomic mass is 16.3. The van der Waals surface area contributed by atoms with Gasteiger partial charge in [-0.25, -0.2) is 0 Å². The largest absolute Gasteiger partial charge is 0.395 e. The van der Waals surface area contributed by atoms with Gasteiger partial charge in [-0.15, -0.1) is 0 Å². The number of likely N-dealkylation sites (tertiary alicyclic amines) is 2.